The van der Waals surface area contributed by atoms with Gasteiger partial charge in [-0.25, -0.2) is 4.98 Å². The fourth-order valence-electron chi connectivity index (χ4n) is 1.76. The maximum Gasteiger partial charge on any atom is 0.203 e. The van der Waals surface area contributed by atoms with Crippen molar-refractivity contribution in [1.82, 2.24) is 19.7 Å². The second-order valence-electron chi connectivity index (χ2n) is 4.28. The van der Waals surface area contributed by atoms with Gasteiger partial charge in [0.25, 0.3) is 0 Å². The first-order valence-corrected chi connectivity index (χ1v) is 5.97. The summed E-state index contributed by atoms with van der Waals surface area (Å²) in [5.41, 5.74) is 3.34. The van der Waals surface area contributed by atoms with Crippen molar-refractivity contribution < 1.29 is 0 Å². The minimum Gasteiger partial charge on any atom is -0.356 e. The van der Waals surface area contributed by atoms with Crippen molar-refractivity contribution in [3.05, 3.63) is 29.3 Å². The van der Waals surface area contributed by atoms with Gasteiger partial charge in [-0.3, -0.25) is 5.10 Å². The fraction of sp³-hybridized carbons (Fsp3) is 0.500. The lowest BCUT2D eigenvalue weighted by Crippen LogP contribution is -2.08. The first-order valence-electron chi connectivity index (χ1n) is 5.97. The zero-order chi connectivity index (χ0) is 12.3. The number of aromatic nitrogens is 4. The number of aryl methyl sites for hydroxylation is 2. The van der Waals surface area contributed by atoms with Crippen LogP contribution in [0.25, 0.3) is 0 Å². The van der Waals surface area contributed by atoms with Crippen molar-refractivity contribution in [1.29, 1.82) is 0 Å². The molecule has 0 spiro atoms. The molecule has 0 bridgehead atoms. The van der Waals surface area contributed by atoms with Crippen molar-refractivity contribution in [2.45, 2.75) is 33.7 Å². The first-order chi connectivity index (χ1) is 8.20. The molecule has 0 atom stereocenters. The van der Waals surface area contributed by atoms with Gasteiger partial charge in [-0.05, 0) is 20.3 Å². The average Bonchev–Trinajstić information content (AvgIpc) is 2.84. The molecule has 2 rings (SSSR count). The number of rotatable bonds is 5. The zero-order valence-corrected chi connectivity index (χ0v) is 10.6. The molecular formula is C12H19N5. The zero-order valence-electron chi connectivity index (χ0n) is 10.6. The molecule has 0 aliphatic heterocycles. The Kier molecular flexibility index (Phi) is 3.46. The molecule has 2 aromatic rings. The lowest BCUT2D eigenvalue weighted by Gasteiger charge is -2.08. The number of anilines is 1. The Morgan fingerprint density at radius 3 is 2.88 bits per heavy atom. The van der Waals surface area contributed by atoms with Gasteiger partial charge in [-0.2, -0.15) is 5.10 Å². The topological polar surface area (TPSA) is 58.5 Å². The second-order valence-corrected chi connectivity index (χ2v) is 4.28. The monoisotopic (exact) mass is 233 g/mol. The van der Waals surface area contributed by atoms with E-state index in [1.165, 1.54) is 5.56 Å². The van der Waals surface area contributed by atoms with E-state index in [4.69, 9.17) is 0 Å². The van der Waals surface area contributed by atoms with Gasteiger partial charge >= 0.3 is 0 Å². The highest BCUT2D eigenvalue weighted by molar-refractivity contribution is 5.30. The van der Waals surface area contributed by atoms with Crippen LogP contribution in [-0.2, 0) is 6.54 Å². The molecule has 5 heteroatoms. The molecular weight excluding hydrogens is 214 g/mol. The van der Waals surface area contributed by atoms with E-state index in [9.17, 15) is 0 Å². The largest absolute Gasteiger partial charge is 0.356 e. The quantitative estimate of drug-likeness (QED) is 0.831. The summed E-state index contributed by atoms with van der Waals surface area (Å²) < 4.78 is 2.13. The molecule has 0 fully saturated rings. The van der Waals surface area contributed by atoms with E-state index in [-0.39, 0.29) is 0 Å². The highest BCUT2D eigenvalue weighted by Gasteiger charge is 2.07. The van der Waals surface area contributed by atoms with Gasteiger partial charge < -0.3 is 9.88 Å². The summed E-state index contributed by atoms with van der Waals surface area (Å²) in [5, 5.41) is 10.3. The lowest BCUT2D eigenvalue weighted by atomic mass is 10.2. The van der Waals surface area contributed by atoms with E-state index in [1.54, 1.807) is 0 Å². The van der Waals surface area contributed by atoms with Gasteiger partial charge in [-0.15, -0.1) is 0 Å². The van der Waals surface area contributed by atoms with Crippen LogP contribution in [0.15, 0.2) is 12.4 Å². The number of nitrogens with one attached hydrogen (secondary N) is 2. The van der Waals surface area contributed by atoms with Crippen LogP contribution in [0.5, 0.6) is 0 Å². The maximum atomic E-state index is 4.48. The van der Waals surface area contributed by atoms with Gasteiger partial charge in [-0.1, -0.05) is 6.92 Å². The van der Waals surface area contributed by atoms with Crippen molar-refractivity contribution in [3.8, 4) is 0 Å². The van der Waals surface area contributed by atoms with E-state index in [1.807, 2.05) is 20.0 Å². The number of hydrogen-bond acceptors (Lipinski definition) is 3. The van der Waals surface area contributed by atoms with Crippen molar-refractivity contribution in [2.75, 3.05) is 11.9 Å². The summed E-state index contributed by atoms with van der Waals surface area (Å²) in [6, 6.07) is 0. The third-order valence-corrected chi connectivity index (χ3v) is 2.71. The molecule has 2 aromatic heterocycles. The summed E-state index contributed by atoms with van der Waals surface area (Å²) in [6.45, 7) is 7.94. The maximum absolute atomic E-state index is 4.48. The highest BCUT2D eigenvalue weighted by Crippen LogP contribution is 2.13. The normalized spacial score (nSPS) is 10.8. The molecule has 0 saturated heterocycles. The van der Waals surface area contributed by atoms with Crippen LogP contribution in [0.1, 0.15) is 30.3 Å². The molecule has 0 unspecified atom stereocenters. The smallest absolute Gasteiger partial charge is 0.203 e. The van der Waals surface area contributed by atoms with Crippen LogP contribution < -0.4 is 5.32 Å². The highest BCUT2D eigenvalue weighted by atomic mass is 15.2. The number of H-pyrrole nitrogens is 1. The Hall–Kier alpha value is -1.78. The standard InChI is InChI=1S/C12H19N5/c1-4-5-13-12-15-9(2)7-17(12)8-11-6-14-16-10(11)3/h6-7H,4-5,8H2,1-3H3,(H,13,15)(H,14,16). The van der Waals surface area contributed by atoms with E-state index in [2.05, 4.69) is 38.2 Å². The van der Waals surface area contributed by atoms with Crippen molar-refractivity contribution in [3.63, 3.8) is 0 Å². The van der Waals surface area contributed by atoms with Crippen LogP contribution in [0, 0.1) is 13.8 Å². The van der Waals surface area contributed by atoms with Gasteiger partial charge in [0.2, 0.25) is 5.95 Å². The predicted octanol–water partition coefficient (Wildman–Crippen LogP) is 2.09. The second kappa shape index (κ2) is 5.03. The third-order valence-electron chi connectivity index (χ3n) is 2.71. The SMILES string of the molecule is CCCNc1nc(C)cn1Cc1cn[nH]c1C. The minimum absolute atomic E-state index is 0.801. The predicted molar refractivity (Wildman–Crippen MR) is 68.2 cm³/mol. The van der Waals surface area contributed by atoms with E-state index < -0.39 is 0 Å². The van der Waals surface area contributed by atoms with Crippen molar-refractivity contribution >= 4 is 5.95 Å². The molecule has 0 aromatic carbocycles. The van der Waals surface area contributed by atoms with E-state index >= 15 is 0 Å². The summed E-state index contributed by atoms with van der Waals surface area (Å²) >= 11 is 0. The number of aromatic amines is 1. The summed E-state index contributed by atoms with van der Waals surface area (Å²) in [6.07, 6.45) is 5.02. The molecule has 0 radical (unpaired) electrons. The van der Waals surface area contributed by atoms with Gasteiger partial charge in [0.1, 0.15) is 0 Å². The van der Waals surface area contributed by atoms with E-state index in [0.29, 0.717) is 0 Å². The molecule has 5 nitrogen and oxygen atoms in total. The van der Waals surface area contributed by atoms with Crippen LogP contribution in [-0.4, -0.2) is 26.3 Å². The molecule has 0 aliphatic rings. The summed E-state index contributed by atoms with van der Waals surface area (Å²) in [5.74, 6) is 0.935. The summed E-state index contributed by atoms with van der Waals surface area (Å²) in [7, 11) is 0. The minimum atomic E-state index is 0.801. The lowest BCUT2D eigenvalue weighted by molar-refractivity contribution is 0.788. The molecule has 2 N–H and O–H groups in total. The Labute approximate surface area is 101 Å². The van der Waals surface area contributed by atoms with Crippen LogP contribution >= 0.6 is 0 Å². The number of hydrogen-bond donors (Lipinski definition) is 2. The number of nitrogens with zero attached hydrogens (tertiary/aromatic N) is 3. The Bertz CT molecular complexity index is 483. The Morgan fingerprint density at radius 2 is 2.24 bits per heavy atom. The van der Waals surface area contributed by atoms with E-state index in [0.717, 1.165) is 36.8 Å². The first kappa shape index (κ1) is 11.7. The Morgan fingerprint density at radius 1 is 1.41 bits per heavy atom. The third kappa shape index (κ3) is 2.67. The molecule has 0 saturated carbocycles. The van der Waals surface area contributed by atoms with Gasteiger partial charge in [0.05, 0.1) is 18.4 Å². The summed E-state index contributed by atoms with van der Waals surface area (Å²) in [4.78, 5) is 4.48. The van der Waals surface area contributed by atoms with Gasteiger partial charge in [0.15, 0.2) is 0 Å². The average molecular weight is 233 g/mol. The van der Waals surface area contributed by atoms with Crippen LogP contribution in [0.3, 0.4) is 0 Å². The van der Waals surface area contributed by atoms with Gasteiger partial charge in [0, 0.05) is 24.0 Å². The fourth-order valence-corrected chi connectivity index (χ4v) is 1.76. The molecule has 92 valence electrons. The molecule has 2 heterocycles. The van der Waals surface area contributed by atoms with Crippen LogP contribution in [0.2, 0.25) is 0 Å². The Balaban J connectivity index is 2.17. The molecule has 17 heavy (non-hydrogen) atoms. The molecule has 0 amide bonds. The number of imidazole rings is 1. The van der Waals surface area contributed by atoms with Crippen molar-refractivity contribution in [2.24, 2.45) is 0 Å². The van der Waals surface area contributed by atoms with Crippen LogP contribution in [0.4, 0.5) is 5.95 Å². The molecule has 0 aliphatic carbocycles.